The lowest BCUT2D eigenvalue weighted by Gasteiger charge is -2.18. The first-order chi connectivity index (χ1) is 12.9. The van der Waals surface area contributed by atoms with Crippen LogP contribution in [-0.4, -0.2) is 38.8 Å². The van der Waals surface area contributed by atoms with E-state index in [9.17, 15) is 13.2 Å². The minimum atomic E-state index is -3.63. The molecule has 0 aromatic heterocycles. The summed E-state index contributed by atoms with van der Waals surface area (Å²) in [4.78, 5) is 12.6. The minimum Gasteiger partial charge on any atom is -0.479 e. The number of ether oxygens (including phenoxy) is 1. The summed E-state index contributed by atoms with van der Waals surface area (Å²) in [7, 11) is -0.759. The normalized spacial score (nSPS) is 12.7. The van der Waals surface area contributed by atoms with Gasteiger partial charge >= 0.3 is 0 Å². The van der Waals surface area contributed by atoms with E-state index in [1.807, 2.05) is 0 Å². The predicted molar refractivity (Wildman–Crippen MR) is 112 cm³/mol. The van der Waals surface area contributed by atoms with Gasteiger partial charge < -0.3 is 10.1 Å². The summed E-state index contributed by atoms with van der Waals surface area (Å²) in [6.45, 7) is 3.28. The number of aryl methyl sites for hydroxylation is 1. The Labute approximate surface area is 179 Å². The van der Waals surface area contributed by atoms with Gasteiger partial charge in [0.05, 0.1) is 20.0 Å². The number of hydrogen-bond acceptors (Lipinski definition) is 4. The highest BCUT2D eigenvalue weighted by molar-refractivity contribution is 7.89. The Hall–Kier alpha value is -1.51. The highest BCUT2D eigenvalue weighted by atomic mass is 35.5. The summed E-state index contributed by atoms with van der Waals surface area (Å²) in [5.41, 5.74) is 1.06. The Kier molecular flexibility index (Phi) is 7.22. The summed E-state index contributed by atoms with van der Waals surface area (Å²) < 4.78 is 31.3. The fraction of sp³-hybridized carbons (Fsp3) is 0.278. The molecule has 0 aliphatic heterocycles. The molecule has 1 amide bonds. The first-order valence-electron chi connectivity index (χ1n) is 8.08. The summed E-state index contributed by atoms with van der Waals surface area (Å²) in [6.07, 6.45) is -0.928. The van der Waals surface area contributed by atoms with Crippen LogP contribution in [0.3, 0.4) is 0 Å². The van der Waals surface area contributed by atoms with E-state index in [0.717, 1.165) is 4.31 Å². The molecule has 0 bridgehead atoms. The molecule has 2 aromatic carbocycles. The number of amides is 1. The first-order valence-corrected chi connectivity index (χ1v) is 10.7. The van der Waals surface area contributed by atoms with E-state index in [-0.39, 0.29) is 25.7 Å². The molecule has 0 heterocycles. The van der Waals surface area contributed by atoms with Crippen LogP contribution in [0.2, 0.25) is 15.1 Å². The highest BCUT2D eigenvalue weighted by Gasteiger charge is 2.21. The number of hydrogen-bond donors (Lipinski definition) is 1. The molecule has 1 unspecified atom stereocenters. The van der Waals surface area contributed by atoms with Crippen molar-refractivity contribution in [2.45, 2.75) is 24.8 Å². The number of anilines is 1. The van der Waals surface area contributed by atoms with E-state index in [2.05, 4.69) is 5.32 Å². The average Bonchev–Trinajstić information content (AvgIpc) is 2.61. The molecule has 1 N–H and O–H groups in total. The molecule has 0 spiro atoms. The third kappa shape index (κ3) is 5.10. The Morgan fingerprint density at radius 2 is 1.68 bits per heavy atom. The zero-order valence-electron chi connectivity index (χ0n) is 15.6. The van der Waals surface area contributed by atoms with Crippen LogP contribution >= 0.6 is 34.8 Å². The standard InChI is InChI=1S/C18H19Cl3N2O4S/c1-10-5-6-12(28(25,26)23(3)4)7-16(10)22-18(24)11(2)27-17-9-14(20)13(19)8-15(17)21/h5-9,11H,1-4H3,(H,22,24). The second kappa shape index (κ2) is 8.88. The summed E-state index contributed by atoms with van der Waals surface area (Å²) >= 11 is 17.9. The topological polar surface area (TPSA) is 75.7 Å². The van der Waals surface area contributed by atoms with E-state index < -0.39 is 22.0 Å². The van der Waals surface area contributed by atoms with Crippen molar-refractivity contribution >= 4 is 56.4 Å². The van der Waals surface area contributed by atoms with Gasteiger partial charge in [-0.2, -0.15) is 0 Å². The maximum Gasteiger partial charge on any atom is 0.265 e. The van der Waals surface area contributed by atoms with Crippen molar-refractivity contribution in [3.63, 3.8) is 0 Å². The fourth-order valence-corrected chi connectivity index (χ4v) is 3.69. The van der Waals surface area contributed by atoms with Crippen LogP contribution in [0, 0.1) is 6.92 Å². The second-order valence-corrected chi connectivity index (χ2v) is 9.58. The number of rotatable bonds is 6. The molecule has 0 aliphatic carbocycles. The lowest BCUT2D eigenvalue weighted by Crippen LogP contribution is -2.30. The predicted octanol–water partition coefficient (Wildman–Crippen LogP) is 4.61. The largest absolute Gasteiger partial charge is 0.479 e. The number of benzene rings is 2. The van der Waals surface area contributed by atoms with Crippen molar-refractivity contribution in [3.8, 4) is 5.75 Å². The molecule has 2 rings (SSSR count). The number of nitrogens with one attached hydrogen (secondary N) is 1. The van der Waals surface area contributed by atoms with Crippen LogP contribution in [0.5, 0.6) is 5.75 Å². The van der Waals surface area contributed by atoms with Gasteiger partial charge in [-0.3, -0.25) is 4.79 Å². The van der Waals surface area contributed by atoms with Gasteiger partial charge in [0.15, 0.2) is 6.10 Å². The number of nitrogens with zero attached hydrogens (tertiary/aromatic N) is 1. The van der Waals surface area contributed by atoms with Gasteiger partial charge in [-0.25, -0.2) is 12.7 Å². The summed E-state index contributed by atoms with van der Waals surface area (Å²) in [5, 5.41) is 3.40. The lowest BCUT2D eigenvalue weighted by atomic mass is 10.2. The maximum absolute atomic E-state index is 12.5. The molecule has 0 aliphatic rings. The van der Waals surface area contributed by atoms with Crippen LogP contribution in [0.25, 0.3) is 0 Å². The molecule has 0 saturated heterocycles. The van der Waals surface area contributed by atoms with Gasteiger partial charge in [0.2, 0.25) is 10.0 Å². The third-order valence-electron chi connectivity index (χ3n) is 3.89. The van der Waals surface area contributed by atoms with Gasteiger partial charge in [0.1, 0.15) is 5.75 Å². The molecular weight excluding hydrogens is 447 g/mol. The Morgan fingerprint density at radius 3 is 2.29 bits per heavy atom. The SMILES string of the molecule is Cc1ccc(S(=O)(=O)N(C)C)cc1NC(=O)C(C)Oc1cc(Cl)c(Cl)cc1Cl. The Morgan fingerprint density at radius 1 is 1.07 bits per heavy atom. The molecule has 0 radical (unpaired) electrons. The number of halogens is 3. The van der Waals surface area contributed by atoms with Gasteiger partial charge in [0.25, 0.3) is 5.91 Å². The van der Waals surface area contributed by atoms with Crippen LogP contribution < -0.4 is 10.1 Å². The monoisotopic (exact) mass is 464 g/mol. The molecule has 10 heteroatoms. The second-order valence-electron chi connectivity index (χ2n) is 6.21. The quantitative estimate of drug-likeness (QED) is 0.632. The van der Waals surface area contributed by atoms with Crippen molar-refractivity contribution < 1.29 is 17.9 Å². The molecule has 1 atom stereocenters. The molecule has 2 aromatic rings. The number of carbonyl (C=O) groups excluding carboxylic acids is 1. The van der Waals surface area contributed by atoms with Crippen LogP contribution in [-0.2, 0) is 14.8 Å². The third-order valence-corrected chi connectivity index (χ3v) is 6.72. The lowest BCUT2D eigenvalue weighted by molar-refractivity contribution is -0.122. The van der Waals surface area contributed by atoms with Crippen molar-refractivity contribution in [1.82, 2.24) is 4.31 Å². The number of carbonyl (C=O) groups is 1. The molecule has 0 fully saturated rings. The molecular formula is C18H19Cl3N2O4S. The van der Waals surface area contributed by atoms with E-state index in [0.29, 0.717) is 11.3 Å². The first kappa shape index (κ1) is 22.8. The number of sulfonamides is 1. The fourth-order valence-electron chi connectivity index (χ4n) is 2.18. The molecule has 6 nitrogen and oxygen atoms in total. The van der Waals surface area contributed by atoms with Gasteiger partial charge in [-0.15, -0.1) is 0 Å². The van der Waals surface area contributed by atoms with Gasteiger partial charge in [0, 0.05) is 25.8 Å². The van der Waals surface area contributed by atoms with E-state index in [4.69, 9.17) is 39.5 Å². The van der Waals surface area contributed by atoms with Gasteiger partial charge in [-0.1, -0.05) is 40.9 Å². The zero-order chi connectivity index (χ0) is 21.2. The van der Waals surface area contributed by atoms with Crippen molar-refractivity contribution in [2.24, 2.45) is 0 Å². The van der Waals surface area contributed by atoms with E-state index in [1.54, 1.807) is 13.0 Å². The minimum absolute atomic E-state index is 0.0690. The van der Waals surface area contributed by atoms with Crippen LogP contribution in [0.15, 0.2) is 35.2 Å². The van der Waals surface area contributed by atoms with Crippen LogP contribution in [0.4, 0.5) is 5.69 Å². The van der Waals surface area contributed by atoms with Gasteiger partial charge in [-0.05, 0) is 37.6 Å². The summed E-state index contributed by atoms with van der Waals surface area (Å²) in [6, 6.07) is 7.35. The highest BCUT2D eigenvalue weighted by Crippen LogP contribution is 2.34. The zero-order valence-corrected chi connectivity index (χ0v) is 18.7. The molecule has 0 saturated carbocycles. The molecule has 152 valence electrons. The Bertz CT molecular complexity index is 1010. The van der Waals surface area contributed by atoms with E-state index >= 15 is 0 Å². The van der Waals surface area contributed by atoms with Crippen molar-refractivity contribution in [3.05, 3.63) is 51.0 Å². The van der Waals surface area contributed by atoms with E-state index in [1.165, 1.54) is 45.3 Å². The molecule has 28 heavy (non-hydrogen) atoms. The average molecular weight is 466 g/mol. The van der Waals surface area contributed by atoms with Crippen molar-refractivity contribution in [1.29, 1.82) is 0 Å². The van der Waals surface area contributed by atoms with Crippen LogP contribution in [0.1, 0.15) is 12.5 Å². The van der Waals surface area contributed by atoms with Crippen molar-refractivity contribution in [2.75, 3.05) is 19.4 Å². The smallest absolute Gasteiger partial charge is 0.265 e. The maximum atomic E-state index is 12.5. The summed E-state index contributed by atoms with van der Waals surface area (Å²) in [5.74, 6) is -0.274. The Balaban J connectivity index is 2.22.